The summed E-state index contributed by atoms with van der Waals surface area (Å²) >= 11 is 0. The number of hydrogen-bond acceptors (Lipinski definition) is 5. The van der Waals surface area contributed by atoms with Crippen molar-refractivity contribution in [2.45, 2.75) is 57.3 Å². The molecule has 2 aromatic rings. The quantitative estimate of drug-likeness (QED) is 0.300. The second-order valence-electron chi connectivity index (χ2n) is 10.5. The average Bonchev–Trinajstić information content (AvgIpc) is 3.68. The summed E-state index contributed by atoms with van der Waals surface area (Å²) in [7, 11) is 0.0420. The highest BCUT2D eigenvalue weighted by Gasteiger charge is 2.28. The summed E-state index contributed by atoms with van der Waals surface area (Å²) in [4.78, 5) is 16.6. The van der Waals surface area contributed by atoms with Crippen LogP contribution in [0.25, 0.3) is 0 Å². The maximum atomic E-state index is 14.9. The summed E-state index contributed by atoms with van der Waals surface area (Å²) < 4.78 is 70.4. The molecule has 1 amide bonds. The van der Waals surface area contributed by atoms with Crippen molar-refractivity contribution in [3.63, 3.8) is 0 Å². The minimum Gasteiger partial charge on any atom is -0.375 e. The Kier molecular flexibility index (Phi) is 12.6. The molecule has 1 aromatic heterocycles. The Hall–Kier alpha value is -3.67. The molecular weight excluding hydrogens is 594 g/mol. The van der Waals surface area contributed by atoms with Gasteiger partial charge < -0.3 is 15.1 Å². The molecule has 3 heterocycles. The molecule has 4 rings (SSSR count). The summed E-state index contributed by atoms with van der Waals surface area (Å²) in [5, 5.41) is 7.02. The van der Waals surface area contributed by atoms with Gasteiger partial charge in [0.2, 0.25) is 5.91 Å². The second-order valence-corrected chi connectivity index (χ2v) is 11.9. The van der Waals surface area contributed by atoms with Gasteiger partial charge in [-0.3, -0.25) is 9.00 Å². The number of carbonyl (C=O) groups is 1. The predicted molar refractivity (Wildman–Crippen MR) is 168 cm³/mol. The monoisotopic (exact) mass is 635 g/mol. The van der Waals surface area contributed by atoms with E-state index in [2.05, 4.69) is 21.9 Å². The molecule has 2 aliphatic rings. The van der Waals surface area contributed by atoms with Crippen LogP contribution in [0, 0.1) is 11.7 Å². The van der Waals surface area contributed by atoms with Crippen molar-refractivity contribution in [1.82, 2.24) is 14.7 Å². The average molecular weight is 636 g/mol. The van der Waals surface area contributed by atoms with Crippen LogP contribution >= 0.6 is 0 Å². The van der Waals surface area contributed by atoms with E-state index in [1.807, 2.05) is 13.8 Å². The van der Waals surface area contributed by atoms with Crippen LogP contribution in [0.1, 0.15) is 46.3 Å². The zero-order valence-electron chi connectivity index (χ0n) is 25.8. The first kappa shape index (κ1) is 34.8. The van der Waals surface area contributed by atoms with Gasteiger partial charge in [0.05, 0.1) is 45.5 Å². The van der Waals surface area contributed by atoms with Gasteiger partial charge in [0, 0.05) is 38.5 Å². The number of anilines is 2. The zero-order valence-corrected chi connectivity index (χ0v) is 26.6. The number of alkyl halides is 2. The molecule has 1 fully saturated rings. The van der Waals surface area contributed by atoms with E-state index in [1.54, 1.807) is 25.5 Å². The first-order valence-electron chi connectivity index (χ1n) is 14.6. The number of nitrogens with zero attached hydrogens (tertiary/aromatic N) is 4. The Morgan fingerprint density at radius 1 is 1.23 bits per heavy atom. The molecule has 0 aliphatic carbocycles. The van der Waals surface area contributed by atoms with E-state index in [-0.39, 0.29) is 34.4 Å². The van der Waals surface area contributed by atoms with E-state index >= 15 is 0 Å². The molecule has 4 unspecified atom stereocenters. The number of benzene rings is 1. The van der Waals surface area contributed by atoms with Crippen molar-refractivity contribution >= 4 is 28.1 Å². The molecule has 4 atom stereocenters. The van der Waals surface area contributed by atoms with E-state index in [9.17, 15) is 26.6 Å². The van der Waals surface area contributed by atoms with Gasteiger partial charge in [0.15, 0.2) is 6.30 Å². The van der Waals surface area contributed by atoms with Gasteiger partial charge in [0.1, 0.15) is 18.3 Å². The number of hydrogen-bond donors (Lipinski definition) is 1. The van der Waals surface area contributed by atoms with Crippen molar-refractivity contribution < 1.29 is 26.6 Å². The number of rotatable bonds is 9. The number of aromatic nitrogens is 2. The topological polar surface area (TPSA) is 70.5 Å². The van der Waals surface area contributed by atoms with E-state index in [4.69, 9.17) is 0 Å². The van der Waals surface area contributed by atoms with Crippen molar-refractivity contribution in [2.24, 2.45) is 5.92 Å². The minimum atomic E-state index is -1.57. The van der Waals surface area contributed by atoms with Crippen LogP contribution in [0.5, 0.6) is 0 Å². The van der Waals surface area contributed by atoms with E-state index in [0.29, 0.717) is 24.2 Å². The fraction of sp³-hybridized carbons (Fsp3) is 0.438. The third-order valence-electron chi connectivity index (χ3n) is 7.50. The van der Waals surface area contributed by atoms with Crippen molar-refractivity contribution in [3.8, 4) is 0 Å². The molecule has 240 valence electrons. The summed E-state index contributed by atoms with van der Waals surface area (Å²) in [5.74, 6) is -1.48. The van der Waals surface area contributed by atoms with Crippen molar-refractivity contribution in [2.75, 3.05) is 43.3 Å². The standard InChI is InChI=1S/C30H35F4N5O2S.C2H6/c1-19-11-24(12-21-9-10-38(17-21)25-16-35-39(18-25)20(2)32)37(3)30(40)8-6-22(33)13-26(19)28(15-31)36-27-7-5-23(34)14-29(27)42(4)41;1-2/h5-7,11,13-14,16,18,20-21,28,36H,1,8-10,12,15,17H2,2-4H3;1-2H3/b22-6+,24-11-,26-13+;. The summed E-state index contributed by atoms with van der Waals surface area (Å²) in [6.07, 6.45) is 8.49. The Morgan fingerprint density at radius 3 is 2.59 bits per heavy atom. The lowest BCUT2D eigenvalue weighted by Crippen LogP contribution is -2.29. The Labute approximate surface area is 259 Å². The molecule has 7 nitrogen and oxygen atoms in total. The van der Waals surface area contributed by atoms with Crippen LogP contribution in [0.2, 0.25) is 0 Å². The number of nitrogens with one attached hydrogen (secondary N) is 1. The van der Waals surface area contributed by atoms with Crippen molar-refractivity contribution in [1.29, 1.82) is 0 Å². The second kappa shape index (κ2) is 15.9. The van der Waals surface area contributed by atoms with Crippen LogP contribution < -0.4 is 10.2 Å². The van der Waals surface area contributed by atoms with E-state index < -0.39 is 41.5 Å². The van der Waals surface area contributed by atoms with Crippen LogP contribution in [-0.2, 0) is 15.6 Å². The maximum absolute atomic E-state index is 14.9. The SMILES string of the molecule is C=C1/C=C(/CC2CCN(c3cnn(C(C)F)c3)C2)N(C)C(=O)C/C=C(F)\C=C/1C(CF)Nc1ccc(F)cc1S(C)=O.CC. The smallest absolute Gasteiger partial charge is 0.230 e. The van der Waals surface area contributed by atoms with Gasteiger partial charge >= 0.3 is 0 Å². The van der Waals surface area contributed by atoms with Gasteiger partial charge in [0.25, 0.3) is 0 Å². The molecular formula is C32H41F4N5O2S. The van der Waals surface area contributed by atoms with Gasteiger partial charge in [-0.05, 0) is 73.3 Å². The Bertz CT molecular complexity index is 1450. The highest BCUT2D eigenvalue weighted by molar-refractivity contribution is 7.84. The molecule has 1 saturated heterocycles. The van der Waals surface area contributed by atoms with Gasteiger partial charge in [-0.25, -0.2) is 22.2 Å². The third kappa shape index (κ3) is 8.71. The normalized spacial score (nSPS) is 23.3. The van der Waals surface area contributed by atoms with Gasteiger partial charge in [-0.1, -0.05) is 20.4 Å². The molecule has 12 heteroatoms. The summed E-state index contributed by atoms with van der Waals surface area (Å²) in [6, 6.07) is 2.54. The van der Waals surface area contributed by atoms with Crippen molar-refractivity contribution in [3.05, 3.63) is 83.9 Å². The molecule has 1 aromatic carbocycles. The Balaban J connectivity index is 0.00000259. The number of halogens is 4. The number of amides is 1. The lowest BCUT2D eigenvalue weighted by atomic mass is 9.94. The fourth-order valence-corrected chi connectivity index (χ4v) is 5.85. The molecule has 44 heavy (non-hydrogen) atoms. The van der Waals surface area contributed by atoms with Gasteiger partial charge in [-0.15, -0.1) is 0 Å². The van der Waals surface area contributed by atoms with Crippen LogP contribution in [0.15, 0.2) is 83.0 Å². The fourth-order valence-electron chi connectivity index (χ4n) is 5.14. The highest BCUT2D eigenvalue weighted by Crippen LogP contribution is 2.32. The minimum absolute atomic E-state index is 0.143. The first-order chi connectivity index (χ1) is 21.0. The third-order valence-corrected chi connectivity index (χ3v) is 8.45. The molecule has 2 aliphatic heterocycles. The van der Waals surface area contributed by atoms with Crippen LogP contribution in [-0.4, -0.2) is 63.9 Å². The van der Waals surface area contributed by atoms with Gasteiger partial charge in [-0.2, -0.15) is 5.10 Å². The first-order valence-corrected chi connectivity index (χ1v) is 16.1. The zero-order chi connectivity index (χ0) is 32.6. The van der Waals surface area contributed by atoms with Crippen LogP contribution in [0.4, 0.5) is 28.9 Å². The molecule has 1 N–H and O–H groups in total. The maximum Gasteiger partial charge on any atom is 0.230 e. The number of carbonyl (C=O) groups excluding carboxylic acids is 1. The largest absolute Gasteiger partial charge is 0.375 e. The molecule has 0 bridgehead atoms. The summed E-state index contributed by atoms with van der Waals surface area (Å²) in [6.45, 7) is 9.92. The lowest BCUT2D eigenvalue weighted by Gasteiger charge is -2.27. The molecule has 0 spiro atoms. The highest BCUT2D eigenvalue weighted by atomic mass is 32.2. The Morgan fingerprint density at radius 2 is 1.95 bits per heavy atom. The summed E-state index contributed by atoms with van der Waals surface area (Å²) in [5.41, 5.74) is 2.19. The molecule has 0 radical (unpaired) electrons. The number of allylic oxidation sites excluding steroid dienone is 4. The van der Waals surface area contributed by atoms with E-state index in [0.717, 1.165) is 42.9 Å². The van der Waals surface area contributed by atoms with Crippen LogP contribution in [0.3, 0.4) is 0 Å². The van der Waals surface area contributed by atoms with E-state index in [1.165, 1.54) is 28.8 Å². The predicted octanol–water partition coefficient (Wildman–Crippen LogP) is 7.02. The molecule has 0 saturated carbocycles. The lowest BCUT2D eigenvalue weighted by molar-refractivity contribution is -0.127.